The molecule has 3 nitrogen and oxygen atoms in total. The maximum absolute atomic E-state index is 10.2. The molecule has 13 heavy (non-hydrogen) atoms. The minimum Gasteiger partial charge on any atom is -0.390 e. The fourth-order valence-electron chi connectivity index (χ4n) is 2.03. The molecule has 0 aromatic carbocycles. The highest BCUT2D eigenvalue weighted by atomic mass is 16.5. The smallest absolute Gasteiger partial charge is 0.0709 e. The van der Waals surface area contributed by atoms with E-state index in [4.69, 9.17) is 10.5 Å². The third kappa shape index (κ3) is 2.66. The summed E-state index contributed by atoms with van der Waals surface area (Å²) in [6.07, 6.45) is 3.07. The van der Waals surface area contributed by atoms with E-state index in [-0.39, 0.29) is 5.60 Å². The maximum atomic E-state index is 10.2. The monoisotopic (exact) mass is 187 g/mol. The summed E-state index contributed by atoms with van der Waals surface area (Å²) >= 11 is 0. The summed E-state index contributed by atoms with van der Waals surface area (Å²) in [4.78, 5) is 0. The van der Waals surface area contributed by atoms with Gasteiger partial charge in [0.2, 0.25) is 0 Å². The van der Waals surface area contributed by atoms with Gasteiger partial charge in [-0.2, -0.15) is 0 Å². The second-order valence-electron chi connectivity index (χ2n) is 4.34. The lowest BCUT2D eigenvalue weighted by Crippen LogP contribution is -2.48. The van der Waals surface area contributed by atoms with Crippen molar-refractivity contribution >= 4 is 0 Å². The largest absolute Gasteiger partial charge is 0.390 e. The first kappa shape index (κ1) is 11.0. The molecule has 0 bridgehead atoms. The van der Waals surface area contributed by atoms with Crippen molar-refractivity contribution < 1.29 is 9.84 Å². The van der Waals surface area contributed by atoms with Crippen molar-refractivity contribution in [3.63, 3.8) is 0 Å². The van der Waals surface area contributed by atoms with Crippen LogP contribution in [0.5, 0.6) is 0 Å². The highest BCUT2D eigenvalue weighted by molar-refractivity contribution is 4.92. The normalized spacial score (nSPS) is 40.6. The molecule has 0 radical (unpaired) electrons. The predicted molar refractivity (Wildman–Crippen MR) is 52.5 cm³/mol. The molecular formula is C10H21NO2. The Morgan fingerprint density at radius 3 is 2.77 bits per heavy atom. The first-order chi connectivity index (χ1) is 6.04. The molecule has 1 rings (SSSR count). The van der Waals surface area contributed by atoms with Gasteiger partial charge in [-0.1, -0.05) is 6.92 Å². The fraction of sp³-hybridized carbons (Fsp3) is 1.00. The van der Waals surface area contributed by atoms with Crippen molar-refractivity contribution in [3.05, 3.63) is 0 Å². The van der Waals surface area contributed by atoms with E-state index in [1.807, 2.05) is 0 Å². The van der Waals surface area contributed by atoms with E-state index in [0.717, 1.165) is 12.8 Å². The summed E-state index contributed by atoms with van der Waals surface area (Å²) in [5.74, 6) is 0. The van der Waals surface area contributed by atoms with Crippen LogP contribution in [0.3, 0.4) is 0 Å². The van der Waals surface area contributed by atoms with Crippen molar-refractivity contribution in [1.29, 1.82) is 0 Å². The van der Waals surface area contributed by atoms with Gasteiger partial charge in [-0.25, -0.2) is 0 Å². The molecule has 0 aliphatic carbocycles. The second-order valence-corrected chi connectivity index (χ2v) is 4.34. The van der Waals surface area contributed by atoms with Crippen molar-refractivity contribution in [2.45, 2.75) is 50.7 Å². The van der Waals surface area contributed by atoms with Crippen LogP contribution in [0.2, 0.25) is 0 Å². The highest BCUT2D eigenvalue weighted by Gasteiger charge is 2.40. The second kappa shape index (κ2) is 3.95. The van der Waals surface area contributed by atoms with Gasteiger partial charge in [0.25, 0.3) is 0 Å². The Balaban J connectivity index is 2.59. The standard InChI is InChI=1S/C10H21NO2/c1-3-9(2)8-10(12,4-6-11)5-7-13-9/h12H,3-8,11H2,1-2H3. The number of aliphatic hydroxyl groups is 1. The van der Waals surface area contributed by atoms with E-state index in [1.54, 1.807) is 0 Å². The number of hydrogen-bond donors (Lipinski definition) is 2. The summed E-state index contributed by atoms with van der Waals surface area (Å²) < 4.78 is 5.66. The van der Waals surface area contributed by atoms with Gasteiger partial charge in [-0.15, -0.1) is 0 Å². The van der Waals surface area contributed by atoms with Gasteiger partial charge in [0, 0.05) is 6.42 Å². The fourth-order valence-corrected chi connectivity index (χ4v) is 2.03. The van der Waals surface area contributed by atoms with Crippen LogP contribution < -0.4 is 5.73 Å². The average Bonchev–Trinajstić information content (AvgIpc) is 2.04. The average molecular weight is 187 g/mol. The number of hydrogen-bond acceptors (Lipinski definition) is 3. The molecule has 2 atom stereocenters. The third-order valence-electron chi connectivity index (χ3n) is 3.08. The molecule has 2 unspecified atom stereocenters. The zero-order valence-electron chi connectivity index (χ0n) is 8.68. The first-order valence-corrected chi connectivity index (χ1v) is 5.10. The van der Waals surface area contributed by atoms with Crippen LogP contribution in [0.25, 0.3) is 0 Å². The molecule has 3 heteroatoms. The minimum atomic E-state index is -0.586. The molecule has 3 N–H and O–H groups in total. The summed E-state index contributed by atoms with van der Waals surface area (Å²) in [5.41, 5.74) is 4.74. The van der Waals surface area contributed by atoms with Crippen LogP contribution in [-0.4, -0.2) is 29.5 Å². The van der Waals surface area contributed by atoms with E-state index in [2.05, 4.69) is 13.8 Å². The van der Waals surface area contributed by atoms with E-state index in [0.29, 0.717) is 26.0 Å². The first-order valence-electron chi connectivity index (χ1n) is 5.10. The molecule has 0 aromatic heterocycles. The predicted octanol–water partition coefficient (Wildman–Crippen LogP) is 1.05. The van der Waals surface area contributed by atoms with Gasteiger partial charge < -0.3 is 15.6 Å². The third-order valence-corrected chi connectivity index (χ3v) is 3.08. The molecular weight excluding hydrogens is 166 g/mol. The van der Waals surface area contributed by atoms with E-state index in [9.17, 15) is 5.11 Å². The minimum absolute atomic E-state index is 0.151. The molecule has 1 aliphatic rings. The van der Waals surface area contributed by atoms with E-state index < -0.39 is 5.60 Å². The van der Waals surface area contributed by atoms with Gasteiger partial charge in [0.15, 0.2) is 0 Å². The Kier molecular flexibility index (Phi) is 3.33. The number of ether oxygens (including phenoxy) is 1. The summed E-state index contributed by atoms with van der Waals surface area (Å²) in [7, 11) is 0. The van der Waals surface area contributed by atoms with Crippen LogP contribution in [0.4, 0.5) is 0 Å². The van der Waals surface area contributed by atoms with Crippen molar-refractivity contribution in [3.8, 4) is 0 Å². The summed E-state index contributed by atoms with van der Waals surface area (Å²) in [6.45, 7) is 5.36. The van der Waals surface area contributed by atoms with E-state index in [1.165, 1.54) is 0 Å². The quantitative estimate of drug-likeness (QED) is 0.694. The van der Waals surface area contributed by atoms with Gasteiger partial charge in [0.1, 0.15) is 0 Å². The van der Waals surface area contributed by atoms with Gasteiger partial charge >= 0.3 is 0 Å². The SMILES string of the molecule is CCC1(C)CC(O)(CCN)CCO1. The van der Waals surface area contributed by atoms with E-state index >= 15 is 0 Å². The van der Waals surface area contributed by atoms with Crippen LogP contribution in [0.15, 0.2) is 0 Å². The molecule has 0 aromatic rings. The van der Waals surface area contributed by atoms with Crippen LogP contribution in [0.1, 0.15) is 39.5 Å². The van der Waals surface area contributed by atoms with Gasteiger partial charge in [-0.3, -0.25) is 0 Å². The lowest BCUT2D eigenvalue weighted by molar-refractivity contribution is -0.154. The van der Waals surface area contributed by atoms with Gasteiger partial charge in [-0.05, 0) is 32.7 Å². The molecule has 1 heterocycles. The molecule has 1 saturated heterocycles. The molecule has 1 aliphatic heterocycles. The van der Waals surface area contributed by atoms with Crippen LogP contribution >= 0.6 is 0 Å². The Bertz CT molecular complexity index is 170. The zero-order chi connectivity index (χ0) is 9.95. The lowest BCUT2D eigenvalue weighted by atomic mass is 9.80. The highest BCUT2D eigenvalue weighted by Crippen LogP contribution is 2.35. The molecule has 0 spiro atoms. The Morgan fingerprint density at radius 1 is 1.54 bits per heavy atom. The van der Waals surface area contributed by atoms with Crippen LogP contribution in [-0.2, 0) is 4.74 Å². The summed E-state index contributed by atoms with van der Waals surface area (Å²) in [6, 6.07) is 0. The Morgan fingerprint density at radius 2 is 2.23 bits per heavy atom. The Labute approximate surface area is 80.3 Å². The lowest BCUT2D eigenvalue weighted by Gasteiger charge is -2.43. The molecule has 0 saturated carbocycles. The number of rotatable bonds is 3. The number of nitrogens with two attached hydrogens (primary N) is 1. The van der Waals surface area contributed by atoms with Crippen LogP contribution in [0, 0.1) is 0 Å². The Hall–Kier alpha value is -0.120. The molecule has 78 valence electrons. The maximum Gasteiger partial charge on any atom is 0.0709 e. The van der Waals surface area contributed by atoms with Crippen molar-refractivity contribution in [2.75, 3.05) is 13.2 Å². The molecule has 1 fully saturated rings. The topological polar surface area (TPSA) is 55.5 Å². The summed E-state index contributed by atoms with van der Waals surface area (Å²) in [5, 5.41) is 10.2. The zero-order valence-corrected chi connectivity index (χ0v) is 8.68. The van der Waals surface area contributed by atoms with Gasteiger partial charge in [0.05, 0.1) is 17.8 Å². The molecule has 0 amide bonds. The van der Waals surface area contributed by atoms with Crippen molar-refractivity contribution in [1.82, 2.24) is 0 Å². The van der Waals surface area contributed by atoms with Crippen molar-refractivity contribution in [2.24, 2.45) is 5.73 Å².